The number of halogens is 3. The summed E-state index contributed by atoms with van der Waals surface area (Å²) in [6.07, 6.45) is 1.54. The zero-order valence-corrected chi connectivity index (χ0v) is 14.3. The number of hydrogen-bond acceptors (Lipinski definition) is 3. The molecule has 114 valence electrons. The van der Waals surface area contributed by atoms with Crippen molar-refractivity contribution in [3.8, 4) is 5.75 Å². The molecule has 2 aromatic carbocycles. The van der Waals surface area contributed by atoms with Crippen molar-refractivity contribution >= 4 is 51.3 Å². The lowest BCUT2D eigenvalue weighted by molar-refractivity contribution is -0.123. The quantitative estimate of drug-likeness (QED) is 0.600. The summed E-state index contributed by atoms with van der Waals surface area (Å²) in [6.45, 7) is -0.197. The van der Waals surface area contributed by atoms with Gasteiger partial charge in [-0.2, -0.15) is 5.10 Å². The second kappa shape index (κ2) is 8.17. The van der Waals surface area contributed by atoms with Gasteiger partial charge in [0.15, 0.2) is 6.61 Å². The molecule has 0 atom stereocenters. The number of carbonyl (C=O) groups excluding carboxylic acids is 1. The minimum Gasteiger partial charge on any atom is -0.482 e. The SMILES string of the molecule is O=C(COc1ccc(Cl)cc1Cl)N/N=C\c1cccc(Br)c1. The predicted octanol–water partition coefficient (Wildman–Crippen LogP) is 4.29. The van der Waals surface area contributed by atoms with Crippen LogP contribution < -0.4 is 10.2 Å². The number of benzene rings is 2. The Hall–Kier alpha value is -1.56. The Bertz CT molecular complexity index is 708. The van der Waals surface area contributed by atoms with Gasteiger partial charge in [0.25, 0.3) is 5.91 Å². The van der Waals surface area contributed by atoms with E-state index in [9.17, 15) is 4.79 Å². The van der Waals surface area contributed by atoms with E-state index in [-0.39, 0.29) is 6.61 Å². The van der Waals surface area contributed by atoms with Gasteiger partial charge in [-0.05, 0) is 35.9 Å². The smallest absolute Gasteiger partial charge is 0.277 e. The van der Waals surface area contributed by atoms with Crippen molar-refractivity contribution in [3.05, 3.63) is 62.5 Å². The molecule has 7 heteroatoms. The molecule has 2 aromatic rings. The molecule has 22 heavy (non-hydrogen) atoms. The van der Waals surface area contributed by atoms with Crippen molar-refractivity contribution in [2.24, 2.45) is 5.10 Å². The number of amides is 1. The van der Waals surface area contributed by atoms with Gasteiger partial charge >= 0.3 is 0 Å². The number of ether oxygens (including phenoxy) is 1. The first-order valence-corrected chi connectivity index (χ1v) is 7.75. The van der Waals surface area contributed by atoms with Crippen LogP contribution in [0.3, 0.4) is 0 Å². The summed E-state index contributed by atoms with van der Waals surface area (Å²) in [6, 6.07) is 12.3. The summed E-state index contributed by atoms with van der Waals surface area (Å²) in [5, 5.41) is 4.70. The summed E-state index contributed by atoms with van der Waals surface area (Å²) in [7, 11) is 0. The molecule has 1 N–H and O–H groups in total. The number of hydrogen-bond donors (Lipinski definition) is 1. The van der Waals surface area contributed by atoms with Crippen LogP contribution in [0, 0.1) is 0 Å². The number of carbonyl (C=O) groups is 1. The Balaban J connectivity index is 1.83. The van der Waals surface area contributed by atoms with Crippen LogP contribution in [-0.2, 0) is 4.79 Å². The average Bonchev–Trinajstić information content (AvgIpc) is 2.46. The molecule has 1 amide bonds. The molecule has 0 aromatic heterocycles. The Labute approximate surface area is 146 Å². The van der Waals surface area contributed by atoms with E-state index >= 15 is 0 Å². The maximum Gasteiger partial charge on any atom is 0.277 e. The molecule has 0 fully saturated rings. The number of hydrazone groups is 1. The minimum absolute atomic E-state index is 0.197. The van der Waals surface area contributed by atoms with Gasteiger partial charge in [0, 0.05) is 9.50 Å². The van der Waals surface area contributed by atoms with E-state index in [1.807, 2.05) is 24.3 Å². The third kappa shape index (κ3) is 5.33. The van der Waals surface area contributed by atoms with Gasteiger partial charge in [-0.15, -0.1) is 0 Å². The molecule has 0 spiro atoms. The third-order valence-corrected chi connectivity index (χ3v) is 3.53. The van der Waals surface area contributed by atoms with Crippen molar-refractivity contribution in [1.82, 2.24) is 5.43 Å². The maximum atomic E-state index is 11.6. The van der Waals surface area contributed by atoms with Crippen molar-refractivity contribution in [2.45, 2.75) is 0 Å². The van der Waals surface area contributed by atoms with Gasteiger partial charge < -0.3 is 4.74 Å². The van der Waals surface area contributed by atoms with E-state index < -0.39 is 5.91 Å². The number of nitrogens with one attached hydrogen (secondary N) is 1. The summed E-state index contributed by atoms with van der Waals surface area (Å²) < 4.78 is 6.23. The van der Waals surface area contributed by atoms with Crippen LogP contribution >= 0.6 is 39.1 Å². The lowest BCUT2D eigenvalue weighted by Crippen LogP contribution is -2.24. The van der Waals surface area contributed by atoms with E-state index in [0.717, 1.165) is 10.0 Å². The van der Waals surface area contributed by atoms with E-state index in [0.29, 0.717) is 15.8 Å². The predicted molar refractivity (Wildman–Crippen MR) is 91.8 cm³/mol. The van der Waals surface area contributed by atoms with Crippen LogP contribution in [0.15, 0.2) is 52.0 Å². The fourth-order valence-electron chi connectivity index (χ4n) is 1.53. The van der Waals surface area contributed by atoms with E-state index in [1.165, 1.54) is 6.21 Å². The molecule has 0 saturated heterocycles. The fraction of sp³-hybridized carbons (Fsp3) is 0.0667. The molecule has 4 nitrogen and oxygen atoms in total. The van der Waals surface area contributed by atoms with Crippen LogP contribution in [0.1, 0.15) is 5.56 Å². The first-order chi connectivity index (χ1) is 10.5. The van der Waals surface area contributed by atoms with Gasteiger partial charge in [0.2, 0.25) is 0 Å². The minimum atomic E-state index is -0.391. The number of rotatable bonds is 5. The zero-order valence-electron chi connectivity index (χ0n) is 11.2. The topological polar surface area (TPSA) is 50.7 Å². The van der Waals surface area contributed by atoms with Crippen molar-refractivity contribution in [1.29, 1.82) is 0 Å². The molecule has 0 aliphatic heterocycles. The van der Waals surface area contributed by atoms with Crippen LogP contribution in [0.4, 0.5) is 0 Å². The molecule has 0 heterocycles. The first kappa shape index (κ1) is 16.8. The van der Waals surface area contributed by atoms with Crippen LogP contribution in [0.2, 0.25) is 10.0 Å². The van der Waals surface area contributed by atoms with Crippen LogP contribution in [0.25, 0.3) is 0 Å². The fourth-order valence-corrected chi connectivity index (χ4v) is 2.41. The molecule has 0 aliphatic rings. The highest BCUT2D eigenvalue weighted by atomic mass is 79.9. The second-order valence-corrected chi connectivity index (χ2v) is 5.97. The molecular formula is C15H11BrCl2N2O2. The Morgan fingerprint density at radius 3 is 2.82 bits per heavy atom. The van der Waals surface area contributed by atoms with Gasteiger partial charge in [0.05, 0.1) is 11.2 Å². The molecular weight excluding hydrogens is 391 g/mol. The van der Waals surface area contributed by atoms with Crippen molar-refractivity contribution in [3.63, 3.8) is 0 Å². The lowest BCUT2D eigenvalue weighted by Gasteiger charge is -2.06. The summed E-state index contributed by atoms with van der Waals surface area (Å²) in [5.41, 5.74) is 3.23. The lowest BCUT2D eigenvalue weighted by atomic mass is 10.2. The van der Waals surface area contributed by atoms with Gasteiger partial charge in [-0.25, -0.2) is 5.43 Å². The molecule has 0 unspecified atom stereocenters. The molecule has 0 bridgehead atoms. The summed E-state index contributed by atoms with van der Waals surface area (Å²) in [4.78, 5) is 11.6. The molecule has 0 radical (unpaired) electrons. The van der Waals surface area contributed by atoms with Gasteiger partial charge in [-0.3, -0.25) is 4.79 Å². The molecule has 0 saturated carbocycles. The van der Waals surface area contributed by atoms with E-state index in [2.05, 4.69) is 26.5 Å². The Kier molecular flexibility index (Phi) is 6.24. The van der Waals surface area contributed by atoms with Crippen LogP contribution in [-0.4, -0.2) is 18.7 Å². The largest absolute Gasteiger partial charge is 0.482 e. The highest BCUT2D eigenvalue weighted by molar-refractivity contribution is 9.10. The van der Waals surface area contributed by atoms with E-state index in [1.54, 1.807) is 18.2 Å². The highest BCUT2D eigenvalue weighted by Crippen LogP contribution is 2.27. The average molecular weight is 402 g/mol. The second-order valence-electron chi connectivity index (χ2n) is 4.21. The Morgan fingerprint density at radius 1 is 1.27 bits per heavy atom. The maximum absolute atomic E-state index is 11.6. The van der Waals surface area contributed by atoms with Gasteiger partial charge in [-0.1, -0.05) is 51.3 Å². The van der Waals surface area contributed by atoms with Crippen molar-refractivity contribution in [2.75, 3.05) is 6.61 Å². The van der Waals surface area contributed by atoms with Crippen LogP contribution in [0.5, 0.6) is 5.75 Å². The van der Waals surface area contributed by atoms with Gasteiger partial charge in [0.1, 0.15) is 5.75 Å². The third-order valence-electron chi connectivity index (χ3n) is 2.50. The Morgan fingerprint density at radius 2 is 2.09 bits per heavy atom. The molecule has 0 aliphatic carbocycles. The van der Waals surface area contributed by atoms with Crippen molar-refractivity contribution < 1.29 is 9.53 Å². The first-order valence-electron chi connectivity index (χ1n) is 6.20. The number of nitrogens with zero attached hydrogens (tertiary/aromatic N) is 1. The summed E-state index contributed by atoms with van der Waals surface area (Å²) in [5.74, 6) is -0.00514. The van der Waals surface area contributed by atoms with E-state index in [4.69, 9.17) is 27.9 Å². The standard InChI is InChI=1S/C15H11BrCl2N2O2/c16-11-3-1-2-10(6-11)8-19-20-15(21)9-22-14-5-4-12(17)7-13(14)18/h1-8H,9H2,(H,20,21)/b19-8-. The normalized spacial score (nSPS) is 10.7. The molecule has 2 rings (SSSR count). The zero-order chi connectivity index (χ0) is 15.9. The monoisotopic (exact) mass is 400 g/mol. The summed E-state index contributed by atoms with van der Waals surface area (Å²) >= 11 is 15.1. The highest BCUT2D eigenvalue weighted by Gasteiger charge is 2.05.